The Bertz CT molecular complexity index is 725. The molecular formula is C20H23NO4. The number of aryl methyl sites for hydroxylation is 2. The highest BCUT2D eigenvalue weighted by molar-refractivity contribution is 5.95. The summed E-state index contributed by atoms with van der Waals surface area (Å²) in [5, 5.41) is 2.71. The van der Waals surface area contributed by atoms with Crippen molar-refractivity contribution >= 4 is 17.6 Å². The Kier molecular flexibility index (Phi) is 6.57. The molecule has 5 heteroatoms. The molecule has 0 aromatic heterocycles. The van der Waals surface area contributed by atoms with Crippen LogP contribution in [0.15, 0.2) is 48.5 Å². The zero-order valence-electron chi connectivity index (χ0n) is 14.7. The van der Waals surface area contributed by atoms with E-state index in [-0.39, 0.29) is 12.5 Å². The van der Waals surface area contributed by atoms with Gasteiger partial charge in [-0.2, -0.15) is 0 Å². The van der Waals surface area contributed by atoms with Gasteiger partial charge in [0.2, 0.25) is 0 Å². The number of hydrogen-bond donors (Lipinski definition) is 1. The van der Waals surface area contributed by atoms with Gasteiger partial charge in [-0.15, -0.1) is 0 Å². The van der Waals surface area contributed by atoms with Crippen molar-refractivity contribution in [3.8, 4) is 5.75 Å². The first kappa shape index (κ1) is 18.5. The summed E-state index contributed by atoms with van der Waals surface area (Å²) < 4.78 is 10.6. The lowest BCUT2D eigenvalue weighted by Crippen LogP contribution is -2.31. The number of rotatable bonds is 7. The number of para-hydroxylation sites is 1. The molecule has 25 heavy (non-hydrogen) atoms. The van der Waals surface area contributed by atoms with E-state index in [0.29, 0.717) is 11.4 Å². The number of benzene rings is 2. The smallest absolute Gasteiger partial charge is 0.344 e. The second-order valence-electron chi connectivity index (χ2n) is 5.74. The average molecular weight is 341 g/mol. The summed E-state index contributed by atoms with van der Waals surface area (Å²) in [5.41, 5.74) is 2.77. The fraction of sp³-hybridized carbons (Fsp3) is 0.300. The van der Waals surface area contributed by atoms with E-state index >= 15 is 0 Å². The summed E-state index contributed by atoms with van der Waals surface area (Å²) in [7, 11) is 0. The third-order valence-corrected chi connectivity index (χ3v) is 3.70. The first-order valence-corrected chi connectivity index (χ1v) is 8.27. The zero-order valence-corrected chi connectivity index (χ0v) is 14.7. The van der Waals surface area contributed by atoms with Gasteiger partial charge in [-0.1, -0.05) is 42.8 Å². The number of carbonyl (C=O) groups excluding carboxylic acids is 2. The van der Waals surface area contributed by atoms with Gasteiger partial charge in [0.15, 0.2) is 12.7 Å². The lowest BCUT2D eigenvalue weighted by molar-refractivity contribution is -0.155. The third kappa shape index (κ3) is 5.64. The second-order valence-corrected chi connectivity index (χ2v) is 5.74. The van der Waals surface area contributed by atoms with Gasteiger partial charge in [-0.25, -0.2) is 4.79 Å². The lowest BCUT2D eigenvalue weighted by Gasteiger charge is -2.14. The summed E-state index contributed by atoms with van der Waals surface area (Å²) in [5.74, 6) is -0.317. The summed E-state index contributed by atoms with van der Waals surface area (Å²) in [6, 6.07) is 14.9. The highest BCUT2D eigenvalue weighted by Crippen LogP contribution is 2.18. The van der Waals surface area contributed by atoms with Gasteiger partial charge in [-0.3, -0.25) is 4.79 Å². The van der Waals surface area contributed by atoms with Crippen molar-refractivity contribution in [2.45, 2.75) is 33.3 Å². The molecule has 0 aliphatic rings. The number of ether oxygens (including phenoxy) is 2. The van der Waals surface area contributed by atoms with Gasteiger partial charge in [0.25, 0.3) is 5.91 Å². The van der Waals surface area contributed by atoms with Crippen LogP contribution in [0.25, 0.3) is 0 Å². The van der Waals surface area contributed by atoms with Crippen LogP contribution in [0.1, 0.15) is 25.0 Å². The molecule has 0 unspecified atom stereocenters. The van der Waals surface area contributed by atoms with Crippen LogP contribution in [0.4, 0.5) is 5.69 Å². The minimum Gasteiger partial charge on any atom is -0.482 e. The van der Waals surface area contributed by atoms with Crippen LogP contribution in [-0.2, 0) is 20.7 Å². The van der Waals surface area contributed by atoms with Crippen molar-refractivity contribution in [2.75, 3.05) is 11.9 Å². The molecule has 0 spiro atoms. The van der Waals surface area contributed by atoms with Gasteiger partial charge in [0, 0.05) is 5.69 Å². The number of anilines is 1. The molecule has 0 bridgehead atoms. The molecule has 0 radical (unpaired) electrons. The summed E-state index contributed by atoms with van der Waals surface area (Å²) in [4.78, 5) is 24.0. The van der Waals surface area contributed by atoms with E-state index in [4.69, 9.17) is 9.47 Å². The Labute approximate surface area is 148 Å². The molecule has 2 aromatic rings. The van der Waals surface area contributed by atoms with E-state index in [0.717, 1.165) is 17.5 Å². The highest BCUT2D eigenvalue weighted by atomic mass is 16.6. The number of hydrogen-bond acceptors (Lipinski definition) is 4. The molecule has 0 saturated carbocycles. The summed E-state index contributed by atoms with van der Waals surface area (Å²) >= 11 is 0. The standard InChI is InChI=1S/C20H23NO4/c1-4-16-7-5-6-8-18(16)24-13-19(22)25-15(3)20(23)21-17-11-9-14(2)10-12-17/h5-12,15H,4,13H2,1-3H3,(H,21,23)/t15-/m0/s1. The van der Waals surface area contributed by atoms with E-state index in [1.807, 2.05) is 44.2 Å². The topological polar surface area (TPSA) is 64.6 Å². The molecule has 0 aliphatic heterocycles. The molecule has 5 nitrogen and oxygen atoms in total. The van der Waals surface area contributed by atoms with Crippen LogP contribution >= 0.6 is 0 Å². The first-order valence-electron chi connectivity index (χ1n) is 8.27. The molecule has 0 heterocycles. The van der Waals surface area contributed by atoms with Crippen molar-refractivity contribution in [3.05, 3.63) is 59.7 Å². The normalized spacial score (nSPS) is 11.5. The quantitative estimate of drug-likeness (QED) is 0.783. The van der Waals surface area contributed by atoms with Crippen LogP contribution in [-0.4, -0.2) is 24.6 Å². The molecule has 0 aliphatic carbocycles. The molecule has 1 atom stereocenters. The second kappa shape index (κ2) is 8.87. The highest BCUT2D eigenvalue weighted by Gasteiger charge is 2.18. The third-order valence-electron chi connectivity index (χ3n) is 3.70. The van der Waals surface area contributed by atoms with Crippen LogP contribution in [0, 0.1) is 6.92 Å². The zero-order chi connectivity index (χ0) is 18.2. The van der Waals surface area contributed by atoms with Gasteiger partial charge < -0.3 is 14.8 Å². The monoisotopic (exact) mass is 341 g/mol. The van der Waals surface area contributed by atoms with E-state index in [1.54, 1.807) is 18.2 Å². The van der Waals surface area contributed by atoms with Crippen LogP contribution in [0.3, 0.4) is 0 Å². The predicted octanol–water partition coefficient (Wildman–Crippen LogP) is 3.51. The largest absolute Gasteiger partial charge is 0.482 e. The average Bonchev–Trinajstić information content (AvgIpc) is 2.62. The molecule has 0 saturated heterocycles. The fourth-order valence-electron chi connectivity index (χ4n) is 2.24. The van der Waals surface area contributed by atoms with Crippen molar-refractivity contribution in [1.82, 2.24) is 0 Å². The summed E-state index contributed by atoms with van der Waals surface area (Å²) in [6.45, 7) is 5.27. The molecule has 132 valence electrons. The van der Waals surface area contributed by atoms with Crippen molar-refractivity contribution < 1.29 is 19.1 Å². The van der Waals surface area contributed by atoms with E-state index in [1.165, 1.54) is 6.92 Å². The minimum absolute atomic E-state index is 0.237. The van der Waals surface area contributed by atoms with E-state index < -0.39 is 12.1 Å². The molecule has 0 fully saturated rings. The van der Waals surface area contributed by atoms with Gasteiger partial charge >= 0.3 is 5.97 Å². The van der Waals surface area contributed by atoms with Gasteiger partial charge in [-0.05, 0) is 44.0 Å². The molecule has 1 N–H and O–H groups in total. The number of nitrogens with one attached hydrogen (secondary N) is 1. The van der Waals surface area contributed by atoms with Crippen molar-refractivity contribution in [3.63, 3.8) is 0 Å². The first-order chi connectivity index (χ1) is 12.0. The maximum absolute atomic E-state index is 12.1. The molecule has 2 aromatic carbocycles. The van der Waals surface area contributed by atoms with Crippen LogP contribution < -0.4 is 10.1 Å². The van der Waals surface area contributed by atoms with Crippen LogP contribution in [0.5, 0.6) is 5.75 Å². The van der Waals surface area contributed by atoms with E-state index in [2.05, 4.69) is 5.32 Å². The predicted molar refractivity (Wildman–Crippen MR) is 96.7 cm³/mol. The van der Waals surface area contributed by atoms with E-state index in [9.17, 15) is 9.59 Å². The number of carbonyl (C=O) groups is 2. The van der Waals surface area contributed by atoms with Gasteiger partial charge in [0.1, 0.15) is 5.75 Å². The number of esters is 1. The van der Waals surface area contributed by atoms with Crippen molar-refractivity contribution in [2.24, 2.45) is 0 Å². The van der Waals surface area contributed by atoms with Gasteiger partial charge in [0.05, 0.1) is 0 Å². The van der Waals surface area contributed by atoms with Crippen LogP contribution in [0.2, 0.25) is 0 Å². The maximum Gasteiger partial charge on any atom is 0.344 e. The Hall–Kier alpha value is -2.82. The fourth-order valence-corrected chi connectivity index (χ4v) is 2.24. The minimum atomic E-state index is -0.904. The Balaban J connectivity index is 1.82. The Morgan fingerprint density at radius 3 is 2.44 bits per heavy atom. The Morgan fingerprint density at radius 1 is 1.08 bits per heavy atom. The summed E-state index contributed by atoms with van der Waals surface area (Å²) in [6.07, 6.45) is -0.0977. The Morgan fingerprint density at radius 2 is 1.76 bits per heavy atom. The SMILES string of the molecule is CCc1ccccc1OCC(=O)O[C@@H](C)C(=O)Nc1ccc(C)cc1. The molecule has 1 amide bonds. The lowest BCUT2D eigenvalue weighted by atomic mass is 10.1. The van der Waals surface area contributed by atoms with Crippen molar-refractivity contribution in [1.29, 1.82) is 0 Å². The molecule has 2 rings (SSSR count). The number of amides is 1. The maximum atomic E-state index is 12.1. The molecular weight excluding hydrogens is 318 g/mol.